The molecule has 79 heavy (non-hydrogen) atoms. The maximum absolute atomic E-state index is 13.9. The number of methoxy groups -OCH3 is 1. The third kappa shape index (κ3) is 12.1. The largest absolute Gasteiger partial charge is 0.490 e. The zero-order valence-electron chi connectivity index (χ0n) is 41.0. The second-order valence-electron chi connectivity index (χ2n) is 18.0. The van der Waals surface area contributed by atoms with Gasteiger partial charge in [-0.25, -0.2) is 28.2 Å². The topological polar surface area (TPSA) is 569 Å². The number of aromatic amines is 3. The van der Waals surface area contributed by atoms with E-state index in [0.717, 1.165) is 24.3 Å². The Balaban J connectivity index is 0.881. The smallest absolute Gasteiger partial charge is 0.387 e. The molecule has 0 saturated carbocycles. The first-order chi connectivity index (χ1) is 37.0. The lowest BCUT2D eigenvalue weighted by atomic mass is 10.1. The number of aliphatic hydroxyl groups excluding tert-OH is 3. The summed E-state index contributed by atoms with van der Waals surface area (Å²) in [5, 5.41) is 33.0. The van der Waals surface area contributed by atoms with Crippen LogP contribution >= 0.6 is 31.3 Å². The van der Waals surface area contributed by atoms with Crippen LogP contribution in [0.25, 0.3) is 22.3 Å². The summed E-state index contributed by atoms with van der Waals surface area (Å²) in [7, 11) is -21.0. The highest BCUT2D eigenvalue weighted by molar-refractivity contribution is 7.66. The molecule has 4 aliphatic heterocycles. The van der Waals surface area contributed by atoms with Gasteiger partial charge in [-0.3, -0.25) is 56.6 Å². The lowest BCUT2D eigenvalue weighted by Gasteiger charge is -2.27. The van der Waals surface area contributed by atoms with Crippen molar-refractivity contribution >= 4 is 83.0 Å². The Morgan fingerprint density at radius 1 is 0.646 bits per heavy atom. The number of H-pyrrole nitrogens is 3. The average molecular weight is 1210 g/mol. The van der Waals surface area contributed by atoms with Gasteiger partial charge in [0.05, 0.1) is 45.2 Å². The summed E-state index contributed by atoms with van der Waals surface area (Å²) in [6.45, 7) is -0.227. The summed E-state index contributed by atoms with van der Waals surface area (Å²) < 4.78 is 113. The molecule has 9 rings (SSSR count). The van der Waals surface area contributed by atoms with Crippen molar-refractivity contribution in [1.82, 2.24) is 49.0 Å². The summed E-state index contributed by atoms with van der Waals surface area (Å²) in [5.41, 5.74) is 14.3. The highest BCUT2D eigenvalue weighted by Gasteiger charge is 2.54. The first-order valence-corrected chi connectivity index (χ1v) is 28.8. The van der Waals surface area contributed by atoms with Crippen LogP contribution in [0.15, 0.2) is 27.0 Å². The number of hydrogen-bond acceptors (Lipinski definition) is 31. The number of anilines is 5. The number of nitrogens with one attached hydrogen (secondary N) is 3. The molecule has 3 fully saturated rings. The van der Waals surface area contributed by atoms with Crippen LogP contribution in [0.3, 0.4) is 0 Å². The van der Waals surface area contributed by atoms with Gasteiger partial charge in [-0.05, 0) is 13.8 Å². The Morgan fingerprint density at radius 3 is 1.68 bits per heavy atom. The van der Waals surface area contributed by atoms with Gasteiger partial charge in [0.2, 0.25) is 17.8 Å². The Kier molecular flexibility index (Phi) is 16.2. The van der Waals surface area contributed by atoms with Crippen LogP contribution in [0.5, 0.6) is 0 Å². The summed E-state index contributed by atoms with van der Waals surface area (Å²) >= 11 is 0. The zero-order chi connectivity index (χ0) is 57.4. The van der Waals surface area contributed by atoms with E-state index in [0.29, 0.717) is 0 Å². The first-order valence-electron chi connectivity index (χ1n) is 22.8. The van der Waals surface area contributed by atoms with E-state index < -0.39 is 153 Å². The molecule has 3 saturated heterocycles. The van der Waals surface area contributed by atoms with Crippen LogP contribution in [0.2, 0.25) is 0 Å². The third-order valence-corrected chi connectivity index (χ3v) is 17.4. The molecule has 9 heterocycles. The van der Waals surface area contributed by atoms with Crippen molar-refractivity contribution < 1.29 is 104 Å². The quantitative estimate of drug-likeness (QED) is 0.0314. The first kappa shape index (κ1) is 58.4. The Bertz CT molecular complexity index is 3490. The van der Waals surface area contributed by atoms with Crippen LogP contribution in [0.1, 0.15) is 26.3 Å². The predicted molar refractivity (Wildman–Crippen MR) is 260 cm³/mol. The lowest BCUT2D eigenvalue weighted by molar-refractivity contribution is -0.0814. The molecule has 0 bridgehead atoms. The third-order valence-electron chi connectivity index (χ3n) is 12.2. The number of nitrogens with zero attached hydrogens (tertiary/aromatic N) is 9. The van der Waals surface area contributed by atoms with Crippen LogP contribution in [-0.2, 0) is 68.7 Å². The van der Waals surface area contributed by atoms with E-state index in [1.54, 1.807) is 13.8 Å². The van der Waals surface area contributed by atoms with Crippen molar-refractivity contribution in [2.24, 2.45) is 0 Å². The molecular weight excluding hydrogens is 1150 g/mol. The molecule has 16 N–H and O–H groups in total. The second kappa shape index (κ2) is 21.9. The fraction of sp³-hybridized carbons (Fsp3) is 0.600. The number of phosphoric acid groups is 4. The lowest BCUT2D eigenvalue weighted by Crippen LogP contribution is -2.45. The van der Waals surface area contributed by atoms with Gasteiger partial charge >= 0.3 is 31.3 Å². The SMILES string of the molecule is CO[C@H]1C(OP(=O)(O)OC[C@H]2O[C@@H](n3cnc4c(=O)[nH]c(N)nc43)[C@@H](O)C2OC(C)C)[C@@H](COP(=O)(O)OP(=O)(O)OP(=O)(O)OC[C@H]2O[C@@H](N3CN(C)c4c3nc(N)[nH]c4=O)C(O)[C@H]2O)O[C@H]1n1cnc2c(=O)[nH]c(N)nc21. The highest BCUT2D eigenvalue weighted by atomic mass is 31.3. The number of aliphatic hydroxyl groups is 3. The fourth-order valence-corrected chi connectivity index (χ4v) is 13.5. The van der Waals surface area contributed by atoms with Gasteiger partial charge in [-0.15, -0.1) is 0 Å². The summed E-state index contributed by atoms with van der Waals surface area (Å²) in [4.78, 5) is 110. The van der Waals surface area contributed by atoms with Gasteiger partial charge in [0.15, 0.2) is 46.8 Å². The minimum absolute atomic E-state index is 0.0269. The van der Waals surface area contributed by atoms with Crippen molar-refractivity contribution in [3.8, 4) is 0 Å². The van der Waals surface area contributed by atoms with Crippen molar-refractivity contribution in [2.75, 3.05) is 67.6 Å². The maximum Gasteiger partial charge on any atom is 0.490 e. The molecule has 5 aromatic rings. The molecule has 0 aliphatic carbocycles. The van der Waals surface area contributed by atoms with Gasteiger partial charge in [0.25, 0.3) is 16.7 Å². The molecule has 4 aliphatic rings. The van der Waals surface area contributed by atoms with Crippen molar-refractivity contribution in [2.45, 2.75) is 93.6 Å². The van der Waals surface area contributed by atoms with E-state index in [1.807, 2.05) is 0 Å². The maximum atomic E-state index is 13.9. The number of imidazole rings is 2. The number of ether oxygens (including phenoxy) is 5. The number of nitrogen functional groups attached to an aromatic ring is 3. The molecule has 0 aromatic carbocycles. The van der Waals surface area contributed by atoms with E-state index in [2.05, 4.69) is 48.5 Å². The summed E-state index contributed by atoms with van der Waals surface area (Å²) in [5.74, 6) is -1.03. The molecule has 0 amide bonds. The standard InChI is InChI=1S/C35H51N15O25P4/c1-11(2)69-21-13(71-31(20(21)53)48-8-39-15-24(48)41-33(36)44-27(15)54)6-66-76(57,58)73-22-14(72-32(23(22)65-4)49-9-40-16-25(49)42-34(37)45-28(16)55)7-68-78(61,62)75-79(63,64)74-77(59,60)67-5-12-18(51)19(52)30(70-12)50-10-47(3)17-26(50)43-35(38)46-29(17)56/h8-9,11-14,18-23,30-32,51-53H,5-7,10H2,1-4H3,(H,57,58)(H,59,60)(H,61,62)(H,63,64)(H3,36,41,44,54)(H3,37,42,45,55)(H3,38,43,46,56)/t12-,13-,14-,18+,19?,20+,21?,22?,23+,30-,31-,32-/m1/s1. The summed E-state index contributed by atoms with van der Waals surface area (Å²) in [6.07, 6.45) is -17.9. The number of rotatable bonds is 21. The molecular formula is C35H51N15O25P4. The van der Waals surface area contributed by atoms with Gasteiger partial charge in [-0.1, -0.05) is 0 Å². The Morgan fingerprint density at radius 2 is 1.13 bits per heavy atom. The van der Waals surface area contributed by atoms with Crippen molar-refractivity contribution in [3.63, 3.8) is 0 Å². The highest BCUT2D eigenvalue weighted by Crippen LogP contribution is 2.68. The molecule has 16 atom stereocenters. The van der Waals surface area contributed by atoms with E-state index in [1.165, 1.54) is 21.4 Å². The minimum atomic E-state index is -6.23. The van der Waals surface area contributed by atoms with E-state index in [9.17, 15) is 67.5 Å². The van der Waals surface area contributed by atoms with Gasteiger partial charge in [0, 0.05) is 14.2 Å². The zero-order valence-corrected chi connectivity index (χ0v) is 44.6. The Labute approximate surface area is 439 Å². The normalized spacial score (nSPS) is 30.3. The fourth-order valence-electron chi connectivity index (χ4n) is 8.99. The molecule has 7 unspecified atom stereocenters. The van der Waals surface area contributed by atoms with Crippen LogP contribution in [0, 0.1) is 0 Å². The number of phosphoric ester groups is 3. The van der Waals surface area contributed by atoms with E-state index in [4.69, 9.17) is 59.0 Å². The van der Waals surface area contributed by atoms with Crippen LogP contribution < -0.4 is 43.7 Å². The molecule has 5 aromatic heterocycles. The molecule has 0 radical (unpaired) electrons. The van der Waals surface area contributed by atoms with Gasteiger partial charge in [0.1, 0.15) is 60.6 Å². The van der Waals surface area contributed by atoms with Crippen molar-refractivity contribution in [3.05, 3.63) is 43.7 Å². The van der Waals surface area contributed by atoms with E-state index >= 15 is 0 Å². The van der Waals surface area contributed by atoms with Crippen molar-refractivity contribution in [1.29, 1.82) is 0 Å². The number of fused-ring (bicyclic) bond motifs is 3. The Hall–Kier alpha value is -5.22. The molecule has 40 nitrogen and oxygen atoms in total. The van der Waals surface area contributed by atoms with Crippen LogP contribution in [0.4, 0.5) is 29.4 Å². The molecule has 0 spiro atoms. The number of hydrogen-bond donors (Lipinski definition) is 13. The number of aromatic nitrogens is 10. The minimum Gasteiger partial charge on any atom is -0.387 e. The monoisotopic (exact) mass is 1210 g/mol. The molecule has 436 valence electrons. The van der Waals surface area contributed by atoms with Gasteiger partial charge in [-0.2, -0.15) is 23.6 Å². The average Bonchev–Trinajstić information content (AvgIpc) is 4.38. The van der Waals surface area contributed by atoms with E-state index in [-0.39, 0.29) is 52.4 Å². The molecule has 44 heteroatoms. The second-order valence-corrected chi connectivity index (χ2v) is 24.0. The van der Waals surface area contributed by atoms with Crippen LogP contribution in [-0.4, -0.2) is 192 Å². The number of nitrogens with two attached hydrogens (primary N) is 3. The summed E-state index contributed by atoms with van der Waals surface area (Å²) in [6, 6.07) is 0. The van der Waals surface area contributed by atoms with Gasteiger partial charge < -0.3 is 85.6 Å². The predicted octanol–water partition coefficient (Wildman–Crippen LogP) is -3.72.